The van der Waals surface area contributed by atoms with Crippen LogP contribution in [0.4, 0.5) is 26.3 Å². The number of carboxylic acids is 2. The average Bonchev–Trinajstić information content (AvgIpc) is 3.75. The number of alkyl halides is 6. The van der Waals surface area contributed by atoms with Gasteiger partial charge in [0.2, 0.25) is 5.91 Å². The van der Waals surface area contributed by atoms with Crippen molar-refractivity contribution in [3.05, 3.63) is 47.0 Å². The number of aliphatic carboxylic acids is 2. The molecule has 3 aromatic heterocycles. The van der Waals surface area contributed by atoms with E-state index in [1.807, 2.05) is 47.5 Å². The standard InChI is InChI=1S/C24H29N7OS.2C2HF3O2/c1-4-20(23(32)30-13-7-8-14-30)33-24-25-19-10-6-5-9-18(19)22-26-21(29-31(22)24)12-11-17-15(2)27-28-16(17)3;2*3-2(4,5)1(6)7/h5-6,9-10,20H,4,7-8,11-14H2,1-3H3,(H,27,28);2*(H,6,7). The van der Waals surface area contributed by atoms with Crippen molar-refractivity contribution in [1.29, 1.82) is 0 Å². The summed E-state index contributed by atoms with van der Waals surface area (Å²) in [5.74, 6) is -4.54. The van der Waals surface area contributed by atoms with Gasteiger partial charge in [-0.1, -0.05) is 30.8 Å². The number of hydrogen-bond donors (Lipinski definition) is 3. The molecule has 47 heavy (non-hydrogen) atoms. The van der Waals surface area contributed by atoms with E-state index in [-0.39, 0.29) is 11.2 Å². The molecule has 5 rings (SSSR count). The molecular weight excluding hydrogens is 660 g/mol. The highest BCUT2D eigenvalue weighted by molar-refractivity contribution is 8.00. The third-order valence-corrected chi connectivity index (χ3v) is 8.16. The number of aromatic nitrogens is 6. The molecule has 1 aromatic carbocycles. The highest BCUT2D eigenvalue weighted by Crippen LogP contribution is 2.30. The van der Waals surface area contributed by atoms with Gasteiger partial charge in [0.15, 0.2) is 16.6 Å². The summed E-state index contributed by atoms with van der Waals surface area (Å²) in [5, 5.41) is 27.9. The van der Waals surface area contributed by atoms with Crippen molar-refractivity contribution in [3.8, 4) is 0 Å². The van der Waals surface area contributed by atoms with Gasteiger partial charge < -0.3 is 15.1 Å². The molecule has 0 spiro atoms. The lowest BCUT2D eigenvalue weighted by atomic mass is 10.1. The van der Waals surface area contributed by atoms with Crippen LogP contribution < -0.4 is 0 Å². The first-order valence-corrected chi connectivity index (χ1v) is 15.0. The Balaban J connectivity index is 0.000000360. The third-order valence-electron chi connectivity index (χ3n) is 6.87. The first kappa shape index (κ1) is 37.0. The lowest BCUT2D eigenvalue weighted by Crippen LogP contribution is -2.35. The summed E-state index contributed by atoms with van der Waals surface area (Å²) in [4.78, 5) is 42.7. The van der Waals surface area contributed by atoms with Crippen LogP contribution >= 0.6 is 11.8 Å². The highest BCUT2D eigenvalue weighted by Gasteiger charge is 2.39. The smallest absolute Gasteiger partial charge is 0.475 e. The number of carbonyl (C=O) groups is 3. The summed E-state index contributed by atoms with van der Waals surface area (Å²) in [5.41, 5.74) is 4.99. The molecule has 3 N–H and O–H groups in total. The second kappa shape index (κ2) is 15.4. The van der Waals surface area contributed by atoms with Crippen molar-refractivity contribution in [3.63, 3.8) is 0 Å². The number of aromatic amines is 1. The van der Waals surface area contributed by atoms with Gasteiger partial charge in [-0.15, -0.1) is 5.10 Å². The molecule has 1 aliphatic rings. The number of nitrogens with zero attached hydrogens (tertiary/aromatic N) is 6. The molecule has 1 amide bonds. The zero-order valence-electron chi connectivity index (χ0n) is 25.3. The van der Waals surface area contributed by atoms with Gasteiger partial charge in [0.05, 0.1) is 16.5 Å². The Morgan fingerprint density at radius 3 is 2.04 bits per heavy atom. The minimum Gasteiger partial charge on any atom is -0.475 e. The van der Waals surface area contributed by atoms with Crippen LogP contribution in [0.2, 0.25) is 0 Å². The first-order chi connectivity index (χ1) is 21.9. The molecule has 0 bridgehead atoms. The topological polar surface area (TPSA) is 167 Å². The minimum absolute atomic E-state index is 0.177. The van der Waals surface area contributed by atoms with Gasteiger partial charge in [-0.05, 0) is 57.2 Å². The fraction of sp³-hybridized carbons (Fsp3) is 0.464. The van der Waals surface area contributed by atoms with E-state index in [1.54, 1.807) is 0 Å². The number of carbonyl (C=O) groups excluding carboxylic acids is 1. The van der Waals surface area contributed by atoms with E-state index in [9.17, 15) is 31.1 Å². The number of fused-ring (bicyclic) bond motifs is 3. The van der Waals surface area contributed by atoms with Crippen LogP contribution in [-0.2, 0) is 27.2 Å². The number of likely N-dealkylation sites (tertiary alicyclic amines) is 1. The Hall–Kier alpha value is -4.42. The molecule has 256 valence electrons. The Morgan fingerprint density at radius 1 is 0.957 bits per heavy atom. The number of rotatable bonds is 7. The Morgan fingerprint density at radius 2 is 1.53 bits per heavy atom. The van der Waals surface area contributed by atoms with Crippen LogP contribution in [0, 0.1) is 13.8 Å². The summed E-state index contributed by atoms with van der Waals surface area (Å²) >= 11 is 1.51. The number of aryl methyl sites for hydroxylation is 3. The Bertz CT molecular complexity index is 1670. The van der Waals surface area contributed by atoms with Gasteiger partial charge in [-0.3, -0.25) is 9.89 Å². The van der Waals surface area contributed by atoms with Crippen molar-refractivity contribution in [2.75, 3.05) is 13.1 Å². The van der Waals surface area contributed by atoms with Crippen molar-refractivity contribution in [2.45, 2.75) is 75.6 Å². The van der Waals surface area contributed by atoms with Crippen molar-refractivity contribution in [1.82, 2.24) is 34.7 Å². The number of hydrogen-bond acceptors (Lipinski definition) is 8. The maximum absolute atomic E-state index is 13.1. The molecule has 1 unspecified atom stereocenters. The molecular formula is C28H31F6N7O5S. The largest absolute Gasteiger partial charge is 0.490 e. The summed E-state index contributed by atoms with van der Waals surface area (Å²) in [6, 6.07) is 8.00. The quantitative estimate of drug-likeness (QED) is 0.134. The zero-order chi connectivity index (χ0) is 35.1. The van der Waals surface area contributed by atoms with Gasteiger partial charge >= 0.3 is 24.3 Å². The summed E-state index contributed by atoms with van der Waals surface area (Å²) in [7, 11) is 0. The maximum Gasteiger partial charge on any atom is 0.490 e. The van der Waals surface area contributed by atoms with E-state index in [1.165, 1.54) is 17.3 Å². The second-order valence-corrected chi connectivity index (χ2v) is 11.4. The number of H-pyrrole nitrogens is 1. The van der Waals surface area contributed by atoms with Crippen LogP contribution in [0.1, 0.15) is 49.0 Å². The number of para-hydroxylation sites is 1. The molecule has 0 radical (unpaired) electrons. The van der Waals surface area contributed by atoms with Crippen molar-refractivity contribution < 1.29 is 50.9 Å². The lowest BCUT2D eigenvalue weighted by molar-refractivity contribution is -0.193. The highest BCUT2D eigenvalue weighted by atomic mass is 32.2. The van der Waals surface area contributed by atoms with Gasteiger partial charge in [0, 0.05) is 30.6 Å². The van der Waals surface area contributed by atoms with E-state index in [2.05, 4.69) is 17.1 Å². The molecule has 1 aliphatic heterocycles. The molecule has 19 heteroatoms. The van der Waals surface area contributed by atoms with Crippen LogP contribution in [0.5, 0.6) is 0 Å². The minimum atomic E-state index is -5.08. The van der Waals surface area contributed by atoms with E-state index in [0.717, 1.165) is 77.7 Å². The van der Waals surface area contributed by atoms with Crippen LogP contribution in [-0.4, -0.2) is 93.4 Å². The molecule has 0 aliphatic carbocycles. The summed E-state index contributed by atoms with van der Waals surface area (Å²) < 4.78 is 65.3. The van der Waals surface area contributed by atoms with Gasteiger partial charge in [0.1, 0.15) is 0 Å². The van der Waals surface area contributed by atoms with Crippen molar-refractivity contribution >= 4 is 46.2 Å². The SMILES string of the molecule is CCC(Sc1nc2ccccc2c2nc(CCc3c(C)n[nH]c3C)nn12)C(=O)N1CCCC1.O=C(O)C(F)(F)F.O=C(O)C(F)(F)F. The number of benzene rings is 1. The monoisotopic (exact) mass is 691 g/mol. The second-order valence-electron chi connectivity index (χ2n) is 10.2. The maximum atomic E-state index is 13.1. The fourth-order valence-electron chi connectivity index (χ4n) is 4.51. The van der Waals surface area contributed by atoms with Crippen molar-refractivity contribution in [2.24, 2.45) is 0 Å². The first-order valence-electron chi connectivity index (χ1n) is 14.1. The fourth-order valence-corrected chi connectivity index (χ4v) is 5.56. The molecule has 1 atom stereocenters. The average molecular weight is 692 g/mol. The number of nitrogens with one attached hydrogen (secondary N) is 1. The molecule has 1 fully saturated rings. The normalized spacial score (nSPS) is 13.9. The molecule has 4 heterocycles. The van der Waals surface area contributed by atoms with E-state index >= 15 is 0 Å². The Labute approximate surface area is 267 Å². The van der Waals surface area contributed by atoms with Crippen LogP contribution in [0.3, 0.4) is 0 Å². The predicted octanol–water partition coefficient (Wildman–Crippen LogP) is 5.16. The molecule has 4 aromatic rings. The third kappa shape index (κ3) is 9.79. The van der Waals surface area contributed by atoms with E-state index in [0.29, 0.717) is 6.42 Å². The predicted molar refractivity (Wildman–Crippen MR) is 157 cm³/mol. The summed E-state index contributed by atoms with van der Waals surface area (Å²) in [6.45, 7) is 7.84. The number of thioether (sulfide) groups is 1. The zero-order valence-corrected chi connectivity index (χ0v) is 26.1. The molecule has 0 saturated carbocycles. The van der Waals surface area contributed by atoms with Gasteiger partial charge in [-0.25, -0.2) is 19.6 Å². The number of amides is 1. The molecule has 12 nitrogen and oxygen atoms in total. The van der Waals surface area contributed by atoms with E-state index in [4.69, 9.17) is 34.9 Å². The van der Waals surface area contributed by atoms with Crippen LogP contribution in [0.25, 0.3) is 16.6 Å². The summed E-state index contributed by atoms with van der Waals surface area (Å²) in [6.07, 6.45) is -5.70. The molecule has 1 saturated heterocycles. The number of carboxylic acid groups (broad SMARTS) is 2. The van der Waals surface area contributed by atoms with E-state index < -0.39 is 24.3 Å². The van der Waals surface area contributed by atoms with Gasteiger partial charge in [0.25, 0.3) is 0 Å². The number of halogens is 6. The lowest BCUT2D eigenvalue weighted by Gasteiger charge is -2.21. The Kier molecular flexibility index (Phi) is 12.2. The van der Waals surface area contributed by atoms with Crippen LogP contribution in [0.15, 0.2) is 29.4 Å². The van der Waals surface area contributed by atoms with Gasteiger partial charge in [-0.2, -0.15) is 36.0 Å².